The number of nitrogens with one attached hydrogen (secondary N) is 2. The maximum absolute atomic E-state index is 11.6. The molecule has 0 saturated heterocycles. The summed E-state index contributed by atoms with van der Waals surface area (Å²) in [5.74, 6) is -0.984. The van der Waals surface area contributed by atoms with Gasteiger partial charge < -0.3 is 15.7 Å². The van der Waals surface area contributed by atoms with Crippen molar-refractivity contribution in [3.8, 4) is 0 Å². The van der Waals surface area contributed by atoms with E-state index in [0.29, 0.717) is 12.8 Å². The maximum Gasteiger partial charge on any atom is 0.311 e. The van der Waals surface area contributed by atoms with Gasteiger partial charge in [-0.2, -0.15) is 0 Å². The number of aliphatic carboxylic acids is 1. The van der Waals surface area contributed by atoms with Crippen LogP contribution in [0.25, 0.3) is 0 Å². The Labute approximate surface area is 89.2 Å². The van der Waals surface area contributed by atoms with Crippen molar-refractivity contribution in [2.24, 2.45) is 5.41 Å². The van der Waals surface area contributed by atoms with Gasteiger partial charge in [0.1, 0.15) is 0 Å². The highest BCUT2D eigenvalue weighted by Gasteiger charge is 2.50. The Hall–Kier alpha value is -1.10. The molecule has 0 radical (unpaired) electrons. The molecule has 1 fully saturated rings. The molecule has 3 N–H and O–H groups in total. The van der Waals surface area contributed by atoms with Crippen LogP contribution in [0.4, 0.5) is 0 Å². The Morgan fingerprint density at radius 1 is 1.40 bits per heavy atom. The summed E-state index contributed by atoms with van der Waals surface area (Å²) in [6.07, 6.45) is 1.31. The van der Waals surface area contributed by atoms with Crippen LogP contribution in [0, 0.1) is 5.41 Å². The highest BCUT2D eigenvalue weighted by atomic mass is 16.4. The van der Waals surface area contributed by atoms with E-state index in [1.54, 1.807) is 20.9 Å². The molecule has 15 heavy (non-hydrogen) atoms. The van der Waals surface area contributed by atoms with Crippen molar-refractivity contribution in [3.05, 3.63) is 0 Å². The number of carbonyl (C=O) groups is 2. The van der Waals surface area contributed by atoms with Gasteiger partial charge in [-0.25, -0.2) is 0 Å². The fourth-order valence-corrected chi connectivity index (χ4v) is 1.20. The smallest absolute Gasteiger partial charge is 0.311 e. The number of carbonyl (C=O) groups excluding carboxylic acids is 1. The molecule has 0 aromatic heterocycles. The Morgan fingerprint density at radius 2 is 1.93 bits per heavy atom. The van der Waals surface area contributed by atoms with E-state index in [9.17, 15) is 9.59 Å². The van der Waals surface area contributed by atoms with Crippen LogP contribution in [0.3, 0.4) is 0 Å². The largest absolute Gasteiger partial charge is 0.481 e. The lowest BCUT2D eigenvalue weighted by Gasteiger charge is -2.23. The van der Waals surface area contributed by atoms with Crippen LogP contribution in [0.15, 0.2) is 0 Å². The van der Waals surface area contributed by atoms with Crippen molar-refractivity contribution in [2.75, 3.05) is 13.6 Å². The predicted octanol–water partition coefficient (Wildman–Crippen LogP) is -0.0346. The van der Waals surface area contributed by atoms with Crippen LogP contribution in [0.2, 0.25) is 0 Å². The second-order valence-corrected chi connectivity index (χ2v) is 4.64. The van der Waals surface area contributed by atoms with Gasteiger partial charge in [-0.3, -0.25) is 9.59 Å². The maximum atomic E-state index is 11.6. The molecule has 1 aliphatic carbocycles. The normalized spacial score (nSPS) is 18.3. The van der Waals surface area contributed by atoms with E-state index in [-0.39, 0.29) is 12.5 Å². The summed E-state index contributed by atoms with van der Waals surface area (Å²) in [4.78, 5) is 22.5. The van der Waals surface area contributed by atoms with Crippen LogP contribution in [-0.4, -0.2) is 36.1 Å². The van der Waals surface area contributed by atoms with Gasteiger partial charge in [0.15, 0.2) is 0 Å². The summed E-state index contributed by atoms with van der Waals surface area (Å²) in [5.41, 5.74) is -1.35. The van der Waals surface area contributed by atoms with E-state index in [2.05, 4.69) is 10.6 Å². The third kappa shape index (κ3) is 2.47. The number of carboxylic acid groups (broad SMARTS) is 1. The average Bonchev–Trinajstić information content (AvgIpc) is 2.95. The van der Waals surface area contributed by atoms with E-state index in [4.69, 9.17) is 5.11 Å². The summed E-state index contributed by atoms with van der Waals surface area (Å²) in [7, 11) is 1.70. The van der Waals surface area contributed by atoms with Gasteiger partial charge in [0.2, 0.25) is 5.91 Å². The number of rotatable bonds is 5. The minimum Gasteiger partial charge on any atom is -0.481 e. The first kappa shape index (κ1) is 12.0. The van der Waals surface area contributed by atoms with Crippen LogP contribution in [-0.2, 0) is 9.59 Å². The van der Waals surface area contributed by atoms with Crippen LogP contribution < -0.4 is 10.6 Å². The molecule has 5 nitrogen and oxygen atoms in total. The number of amides is 1. The zero-order valence-electron chi connectivity index (χ0n) is 9.39. The summed E-state index contributed by atoms with van der Waals surface area (Å²) < 4.78 is 0. The zero-order valence-corrected chi connectivity index (χ0v) is 9.39. The lowest BCUT2D eigenvalue weighted by Crippen LogP contribution is -2.52. The van der Waals surface area contributed by atoms with E-state index >= 15 is 0 Å². The van der Waals surface area contributed by atoms with Gasteiger partial charge >= 0.3 is 5.97 Å². The van der Waals surface area contributed by atoms with Crippen LogP contribution in [0.5, 0.6) is 0 Å². The summed E-state index contributed by atoms with van der Waals surface area (Å²) in [6.45, 7) is 3.73. The molecule has 1 amide bonds. The number of hydrogen-bond donors (Lipinski definition) is 3. The highest BCUT2D eigenvalue weighted by Crippen LogP contribution is 2.45. The van der Waals surface area contributed by atoms with Crippen molar-refractivity contribution in [2.45, 2.75) is 32.2 Å². The SMILES string of the molecule is CNC(C)(C)C(=O)NCC1(C(=O)O)CC1. The van der Waals surface area contributed by atoms with Crippen molar-refractivity contribution in [1.29, 1.82) is 0 Å². The van der Waals surface area contributed by atoms with Crippen molar-refractivity contribution >= 4 is 11.9 Å². The molecule has 5 heteroatoms. The lowest BCUT2D eigenvalue weighted by molar-refractivity contribution is -0.143. The molecular formula is C10H18N2O3. The first-order valence-electron chi connectivity index (χ1n) is 5.05. The van der Waals surface area contributed by atoms with Gasteiger partial charge in [0.25, 0.3) is 0 Å². The molecule has 0 aromatic rings. The standard InChI is InChI=1S/C10H18N2O3/c1-9(2,11-3)7(13)12-6-10(4-5-10)8(14)15/h11H,4-6H2,1-3H3,(H,12,13)(H,14,15). The summed E-state index contributed by atoms with van der Waals surface area (Å²) in [6, 6.07) is 0. The van der Waals surface area contributed by atoms with Crippen LogP contribution in [0.1, 0.15) is 26.7 Å². The predicted molar refractivity (Wildman–Crippen MR) is 55.5 cm³/mol. The second kappa shape index (κ2) is 3.81. The highest BCUT2D eigenvalue weighted by molar-refractivity contribution is 5.86. The number of hydrogen-bond acceptors (Lipinski definition) is 3. The minimum atomic E-state index is -0.815. The molecule has 1 saturated carbocycles. The second-order valence-electron chi connectivity index (χ2n) is 4.64. The Bertz CT molecular complexity index is 282. The third-order valence-electron chi connectivity index (χ3n) is 3.09. The van der Waals surface area contributed by atoms with Crippen molar-refractivity contribution in [3.63, 3.8) is 0 Å². The fraction of sp³-hybridized carbons (Fsp3) is 0.800. The van der Waals surface area contributed by atoms with E-state index in [1.165, 1.54) is 0 Å². The van der Waals surface area contributed by atoms with Gasteiger partial charge in [-0.1, -0.05) is 0 Å². The number of carboxylic acids is 1. The lowest BCUT2D eigenvalue weighted by atomic mass is 10.0. The van der Waals surface area contributed by atoms with E-state index in [1.807, 2.05) is 0 Å². The summed E-state index contributed by atoms with van der Waals surface area (Å²) >= 11 is 0. The number of likely N-dealkylation sites (N-methyl/N-ethyl adjacent to an activating group) is 1. The summed E-state index contributed by atoms with van der Waals surface area (Å²) in [5, 5.41) is 14.5. The molecule has 0 spiro atoms. The first-order chi connectivity index (χ1) is 6.84. The molecule has 0 aromatic carbocycles. The minimum absolute atomic E-state index is 0.169. The van der Waals surface area contributed by atoms with Gasteiger partial charge in [-0.05, 0) is 33.7 Å². The Morgan fingerprint density at radius 3 is 2.27 bits per heavy atom. The molecule has 0 atom stereocenters. The molecule has 0 heterocycles. The quantitative estimate of drug-likeness (QED) is 0.600. The average molecular weight is 214 g/mol. The molecule has 0 bridgehead atoms. The van der Waals surface area contributed by atoms with Gasteiger partial charge in [0.05, 0.1) is 11.0 Å². The van der Waals surface area contributed by atoms with Crippen molar-refractivity contribution < 1.29 is 14.7 Å². The van der Waals surface area contributed by atoms with E-state index in [0.717, 1.165) is 0 Å². The van der Waals surface area contributed by atoms with Gasteiger partial charge in [0, 0.05) is 6.54 Å². The third-order valence-corrected chi connectivity index (χ3v) is 3.09. The molecule has 1 aliphatic rings. The molecule has 0 unspecified atom stereocenters. The Balaban J connectivity index is 2.45. The van der Waals surface area contributed by atoms with Gasteiger partial charge in [-0.15, -0.1) is 0 Å². The topological polar surface area (TPSA) is 78.4 Å². The monoisotopic (exact) mass is 214 g/mol. The molecule has 86 valence electrons. The molecular weight excluding hydrogens is 196 g/mol. The van der Waals surface area contributed by atoms with Crippen molar-refractivity contribution in [1.82, 2.24) is 10.6 Å². The van der Waals surface area contributed by atoms with Crippen LogP contribution >= 0.6 is 0 Å². The van der Waals surface area contributed by atoms with E-state index < -0.39 is 16.9 Å². The molecule has 0 aliphatic heterocycles. The Kier molecular flexibility index (Phi) is 3.04. The fourth-order valence-electron chi connectivity index (χ4n) is 1.20. The first-order valence-corrected chi connectivity index (χ1v) is 5.05. The zero-order chi connectivity index (χ0) is 11.7. The molecule has 1 rings (SSSR count).